The van der Waals surface area contributed by atoms with E-state index < -0.39 is 35.6 Å². The van der Waals surface area contributed by atoms with Gasteiger partial charge in [-0.3, -0.25) is 9.59 Å². The van der Waals surface area contributed by atoms with Gasteiger partial charge in [-0.25, -0.2) is 4.79 Å². The van der Waals surface area contributed by atoms with Gasteiger partial charge in [-0.05, 0) is 44.7 Å². The van der Waals surface area contributed by atoms with Crippen molar-refractivity contribution < 1.29 is 19.1 Å². The second kappa shape index (κ2) is 14.0. The molecule has 1 aromatic carbocycles. The molecular formula is C27H38N4O4. The lowest BCUT2D eigenvalue weighted by atomic mass is 9.94. The number of unbranched alkanes of at least 4 members (excludes halogenated alkanes) is 1. The molecule has 1 aromatic rings. The van der Waals surface area contributed by atoms with Gasteiger partial charge in [0.05, 0.1) is 6.07 Å². The van der Waals surface area contributed by atoms with Crippen LogP contribution in [0, 0.1) is 29.6 Å². The number of alkyl carbamates (subject to hydrolysis) is 1. The molecule has 0 bridgehead atoms. The number of hydrogen-bond acceptors (Lipinski definition) is 5. The summed E-state index contributed by atoms with van der Waals surface area (Å²) in [6, 6.07) is 6.67. The normalized spacial score (nSPS) is 13.4. The van der Waals surface area contributed by atoms with Crippen molar-refractivity contribution in [3.05, 3.63) is 35.4 Å². The highest BCUT2D eigenvalue weighted by Crippen LogP contribution is 2.27. The third kappa shape index (κ3) is 8.98. The number of nitrogens with zero attached hydrogens (tertiary/aromatic N) is 2. The minimum atomic E-state index is -1.14. The highest BCUT2D eigenvalue weighted by molar-refractivity contribution is 5.92. The van der Waals surface area contributed by atoms with E-state index in [9.17, 15) is 19.6 Å². The van der Waals surface area contributed by atoms with E-state index in [4.69, 9.17) is 11.2 Å². The van der Waals surface area contributed by atoms with Crippen LogP contribution in [0.1, 0.15) is 78.0 Å². The van der Waals surface area contributed by atoms with Crippen molar-refractivity contribution in [3.63, 3.8) is 0 Å². The quantitative estimate of drug-likeness (QED) is 0.282. The minimum absolute atomic E-state index is 0.289. The number of nitrogens with one attached hydrogen (secondary N) is 2. The van der Waals surface area contributed by atoms with Crippen LogP contribution < -0.4 is 10.6 Å². The Morgan fingerprint density at radius 2 is 1.86 bits per heavy atom. The van der Waals surface area contributed by atoms with Crippen LogP contribution in [0.5, 0.6) is 0 Å². The highest BCUT2D eigenvalue weighted by Gasteiger charge is 2.38. The van der Waals surface area contributed by atoms with Crippen molar-refractivity contribution in [1.29, 1.82) is 5.26 Å². The fourth-order valence-corrected chi connectivity index (χ4v) is 3.47. The molecule has 0 aliphatic rings. The summed E-state index contributed by atoms with van der Waals surface area (Å²) in [5, 5.41) is 15.1. The summed E-state index contributed by atoms with van der Waals surface area (Å²) in [5.74, 6) is 1.27. The molecule has 0 saturated heterocycles. The third-order valence-corrected chi connectivity index (χ3v) is 5.48. The van der Waals surface area contributed by atoms with E-state index in [1.807, 2.05) is 26.8 Å². The Balaban J connectivity index is 3.51. The van der Waals surface area contributed by atoms with Gasteiger partial charge < -0.3 is 20.3 Å². The van der Waals surface area contributed by atoms with Gasteiger partial charge in [-0.1, -0.05) is 57.7 Å². The highest BCUT2D eigenvalue weighted by atomic mass is 16.6. The lowest BCUT2D eigenvalue weighted by Gasteiger charge is -2.35. The first-order chi connectivity index (χ1) is 16.5. The molecule has 0 heterocycles. The Morgan fingerprint density at radius 3 is 2.40 bits per heavy atom. The fraction of sp³-hybridized carbons (Fsp3) is 0.556. The molecule has 190 valence electrons. The van der Waals surface area contributed by atoms with Crippen molar-refractivity contribution in [2.24, 2.45) is 5.92 Å². The first-order valence-corrected chi connectivity index (χ1v) is 12.0. The van der Waals surface area contributed by atoms with Crippen molar-refractivity contribution in [3.8, 4) is 18.4 Å². The molecule has 0 aliphatic heterocycles. The molecule has 3 unspecified atom stereocenters. The van der Waals surface area contributed by atoms with Gasteiger partial charge >= 0.3 is 6.09 Å². The Bertz CT molecular complexity index is 955. The van der Waals surface area contributed by atoms with Gasteiger partial charge in [0.25, 0.3) is 0 Å². The molecule has 0 radical (unpaired) electrons. The van der Waals surface area contributed by atoms with Gasteiger partial charge in [0.1, 0.15) is 24.2 Å². The molecule has 3 amide bonds. The molecule has 8 heteroatoms. The van der Waals surface area contributed by atoms with Gasteiger partial charge in [-0.2, -0.15) is 5.26 Å². The lowest BCUT2D eigenvalue weighted by molar-refractivity contribution is -0.142. The first kappa shape index (κ1) is 29.5. The van der Waals surface area contributed by atoms with E-state index in [1.54, 1.807) is 45.0 Å². The van der Waals surface area contributed by atoms with Crippen molar-refractivity contribution in [2.45, 2.75) is 78.5 Å². The number of benzene rings is 1. The minimum Gasteiger partial charge on any atom is -0.444 e. The average molecular weight is 483 g/mol. The lowest BCUT2D eigenvalue weighted by Crippen LogP contribution is -2.55. The summed E-state index contributed by atoms with van der Waals surface area (Å²) in [4.78, 5) is 41.0. The van der Waals surface area contributed by atoms with Crippen LogP contribution in [0.4, 0.5) is 4.79 Å². The van der Waals surface area contributed by atoms with E-state index >= 15 is 0 Å². The number of nitriles is 1. The maximum absolute atomic E-state index is 13.9. The number of terminal acetylenes is 1. The monoisotopic (exact) mass is 482 g/mol. The Labute approximate surface area is 209 Å². The maximum atomic E-state index is 13.9. The average Bonchev–Trinajstić information content (AvgIpc) is 2.80. The third-order valence-electron chi connectivity index (χ3n) is 5.48. The molecule has 8 nitrogen and oxygen atoms in total. The maximum Gasteiger partial charge on any atom is 0.408 e. The van der Waals surface area contributed by atoms with Crippen LogP contribution >= 0.6 is 0 Å². The van der Waals surface area contributed by atoms with E-state index in [-0.39, 0.29) is 12.5 Å². The largest absolute Gasteiger partial charge is 0.444 e. The van der Waals surface area contributed by atoms with Crippen LogP contribution in [0.3, 0.4) is 0 Å². The second-order valence-electron chi connectivity index (χ2n) is 9.41. The van der Waals surface area contributed by atoms with Crippen molar-refractivity contribution in [1.82, 2.24) is 15.5 Å². The van der Waals surface area contributed by atoms with Crippen LogP contribution in [-0.2, 0) is 14.3 Å². The molecule has 0 fully saturated rings. The van der Waals surface area contributed by atoms with Gasteiger partial charge in [0, 0.05) is 12.1 Å². The molecule has 2 N–H and O–H groups in total. The zero-order chi connectivity index (χ0) is 26.6. The van der Waals surface area contributed by atoms with Gasteiger partial charge in [-0.15, -0.1) is 6.42 Å². The summed E-state index contributed by atoms with van der Waals surface area (Å²) in [7, 11) is 0. The zero-order valence-corrected chi connectivity index (χ0v) is 21.7. The van der Waals surface area contributed by atoms with E-state index in [2.05, 4.69) is 16.6 Å². The predicted molar refractivity (Wildman–Crippen MR) is 135 cm³/mol. The van der Waals surface area contributed by atoms with E-state index in [0.717, 1.165) is 12.8 Å². The summed E-state index contributed by atoms with van der Waals surface area (Å²) >= 11 is 0. The number of carbonyl (C=O) groups is 3. The Morgan fingerprint density at radius 1 is 1.20 bits per heavy atom. The van der Waals surface area contributed by atoms with E-state index in [1.165, 1.54) is 4.90 Å². The smallest absolute Gasteiger partial charge is 0.408 e. The summed E-state index contributed by atoms with van der Waals surface area (Å²) in [6.07, 6.45) is 7.15. The number of amides is 3. The van der Waals surface area contributed by atoms with Gasteiger partial charge in [0.2, 0.25) is 11.8 Å². The molecule has 3 atom stereocenters. The number of carbonyl (C=O) groups excluding carboxylic acids is 3. The SMILES string of the molecule is C#Cc1ccccc1C(C(=O)NCCCC)N(CC#N)C(=O)C(NC(=O)OC(C)(C)C)C(C)CC. The van der Waals surface area contributed by atoms with E-state index in [0.29, 0.717) is 24.1 Å². The fourth-order valence-electron chi connectivity index (χ4n) is 3.47. The Kier molecular flexibility index (Phi) is 11.8. The van der Waals surface area contributed by atoms with Crippen LogP contribution in [-0.4, -0.2) is 47.5 Å². The zero-order valence-electron chi connectivity index (χ0n) is 21.7. The summed E-state index contributed by atoms with van der Waals surface area (Å²) in [6.45, 7) is 10.9. The predicted octanol–water partition coefficient (Wildman–Crippen LogP) is 3.92. The number of rotatable bonds is 11. The number of ether oxygens (including phenoxy) is 1. The molecule has 0 aliphatic carbocycles. The molecule has 0 aromatic heterocycles. The van der Waals surface area contributed by atoms with Crippen molar-refractivity contribution in [2.75, 3.05) is 13.1 Å². The molecule has 1 rings (SSSR count). The van der Waals surface area contributed by atoms with Gasteiger partial charge in [0.15, 0.2) is 0 Å². The summed E-state index contributed by atoms with van der Waals surface area (Å²) in [5.41, 5.74) is 0.124. The summed E-state index contributed by atoms with van der Waals surface area (Å²) < 4.78 is 5.36. The standard InChI is InChI=1S/C27H38N4O4/c1-8-11-17-29-24(32)23(21-15-13-12-14-20(21)10-3)31(18-16-28)25(33)22(19(4)9-2)30-26(34)35-27(5,6)7/h3,12-15,19,22-23H,8-9,11,17-18H2,1-2,4-7H3,(H,29,32)(H,30,34). The Hall–Kier alpha value is -3.52. The van der Waals surface area contributed by atoms with Crippen LogP contribution in [0.25, 0.3) is 0 Å². The van der Waals surface area contributed by atoms with Crippen LogP contribution in [0.2, 0.25) is 0 Å². The number of hydrogen-bond donors (Lipinski definition) is 2. The molecule has 0 saturated carbocycles. The molecule has 35 heavy (non-hydrogen) atoms. The first-order valence-electron chi connectivity index (χ1n) is 12.0. The van der Waals surface area contributed by atoms with Crippen molar-refractivity contribution >= 4 is 17.9 Å². The molecule has 0 spiro atoms. The topological polar surface area (TPSA) is 112 Å². The second-order valence-corrected chi connectivity index (χ2v) is 9.41. The van der Waals surface area contributed by atoms with Crippen LogP contribution in [0.15, 0.2) is 24.3 Å². The molecular weight excluding hydrogens is 444 g/mol.